The summed E-state index contributed by atoms with van der Waals surface area (Å²) in [6.07, 6.45) is 4.39. The van der Waals surface area contributed by atoms with Gasteiger partial charge in [-0.15, -0.1) is 11.3 Å². The Bertz CT molecular complexity index is 1010. The normalized spacial score (nSPS) is 10.9. The van der Waals surface area contributed by atoms with Crippen molar-refractivity contribution in [2.75, 3.05) is 0 Å². The molecule has 1 N–H and O–H groups in total. The lowest BCUT2D eigenvalue weighted by Crippen LogP contribution is -2.25. The topological polar surface area (TPSA) is 46.9 Å². The Morgan fingerprint density at radius 2 is 1.92 bits per heavy atom. The molecule has 0 bridgehead atoms. The molecule has 5 heteroatoms. The first-order valence-corrected chi connectivity index (χ1v) is 9.47. The summed E-state index contributed by atoms with van der Waals surface area (Å²) >= 11 is 1.67. The van der Waals surface area contributed by atoms with Gasteiger partial charge in [-0.05, 0) is 41.1 Å². The first-order valence-electron chi connectivity index (χ1n) is 8.59. The summed E-state index contributed by atoms with van der Waals surface area (Å²) in [5, 5.41) is 5.08. The molecule has 4 aromatic rings. The van der Waals surface area contributed by atoms with Gasteiger partial charge in [0, 0.05) is 25.5 Å². The van der Waals surface area contributed by atoms with Gasteiger partial charge in [-0.1, -0.05) is 36.4 Å². The van der Waals surface area contributed by atoms with E-state index in [-0.39, 0.29) is 5.91 Å². The van der Waals surface area contributed by atoms with Crippen LogP contribution >= 0.6 is 11.3 Å². The maximum absolute atomic E-state index is 12.8. The summed E-state index contributed by atoms with van der Waals surface area (Å²) < 4.78 is 3.27. The molecule has 0 radical (unpaired) electrons. The van der Waals surface area contributed by atoms with Crippen molar-refractivity contribution in [2.24, 2.45) is 0 Å². The molecule has 0 saturated heterocycles. The zero-order chi connectivity index (χ0) is 17.8. The van der Waals surface area contributed by atoms with Crippen molar-refractivity contribution >= 4 is 27.5 Å². The fraction of sp³-hybridized carbons (Fsp3) is 0.143. The lowest BCUT2D eigenvalue weighted by atomic mass is 10.1. The summed E-state index contributed by atoms with van der Waals surface area (Å²) in [5.41, 5.74) is 4.10. The predicted octanol–water partition coefficient (Wildman–Crippen LogP) is 4.27. The average molecular weight is 361 g/mol. The van der Waals surface area contributed by atoms with Crippen LogP contribution in [0.3, 0.4) is 0 Å². The molecule has 0 fully saturated rings. The molecule has 3 aromatic heterocycles. The van der Waals surface area contributed by atoms with Gasteiger partial charge in [0.1, 0.15) is 5.69 Å². The van der Waals surface area contributed by atoms with E-state index < -0.39 is 0 Å². The number of hydrogen-bond donors (Lipinski definition) is 1. The third-order valence-corrected chi connectivity index (χ3v) is 5.25. The molecule has 0 aliphatic heterocycles. The van der Waals surface area contributed by atoms with Crippen molar-refractivity contribution in [3.05, 3.63) is 89.2 Å². The Morgan fingerprint density at radius 1 is 1.08 bits per heavy atom. The molecule has 0 spiro atoms. The number of nitrogens with zero attached hydrogens (tertiary/aromatic N) is 2. The molecule has 1 aromatic carbocycles. The number of benzene rings is 1. The van der Waals surface area contributed by atoms with Crippen LogP contribution in [-0.4, -0.2) is 15.5 Å². The minimum atomic E-state index is -0.0506. The van der Waals surface area contributed by atoms with Gasteiger partial charge in [0.25, 0.3) is 5.91 Å². The van der Waals surface area contributed by atoms with Crippen LogP contribution in [0.15, 0.2) is 72.4 Å². The smallest absolute Gasteiger partial charge is 0.268 e. The van der Waals surface area contributed by atoms with Crippen LogP contribution in [0.25, 0.3) is 10.2 Å². The van der Waals surface area contributed by atoms with Crippen molar-refractivity contribution in [1.82, 2.24) is 14.9 Å². The molecule has 0 atom stereocenters. The quantitative estimate of drug-likeness (QED) is 0.557. The van der Waals surface area contributed by atoms with Gasteiger partial charge in [0.05, 0.1) is 10.2 Å². The third kappa shape index (κ3) is 3.53. The van der Waals surface area contributed by atoms with Crippen molar-refractivity contribution in [3.63, 3.8) is 0 Å². The number of carbonyl (C=O) groups is 1. The second-order valence-corrected chi connectivity index (χ2v) is 7.08. The van der Waals surface area contributed by atoms with Gasteiger partial charge in [-0.3, -0.25) is 9.78 Å². The Morgan fingerprint density at radius 3 is 2.73 bits per heavy atom. The summed E-state index contributed by atoms with van der Waals surface area (Å²) in [6, 6.07) is 18.3. The highest BCUT2D eigenvalue weighted by molar-refractivity contribution is 7.17. The molecule has 1 amide bonds. The number of rotatable bonds is 6. The van der Waals surface area contributed by atoms with Crippen molar-refractivity contribution in [2.45, 2.75) is 19.5 Å². The van der Waals surface area contributed by atoms with Gasteiger partial charge in [0.15, 0.2) is 0 Å². The first-order chi connectivity index (χ1) is 12.8. The Labute approximate surface area is 156 Å². The van der Waals surface area contributed by atoms with Crippen LogP contribution in [0.5, 0.6) is 0 Å². The number of aryl methyl sites for hydroxylation is 2. The highest BCUT2D eigenvalue weighted by Crippen LogP contribution is 2.26. The molecule has 0 unspecified atom stereocenters. The van der Waals surface area contributed by atoms with E-state index >= 15 is 0 Å². The number of hydrogen-bond acceptors (Lipinski definition) is 3. The van der Waals surface area contributed by atoms with E-state index in [1.807, 2.05) is 36.4 Å². The number of nitrogens with one attached hydrogen (secondary N) is 1. The first kappa shape index (κ1) is 16.5. The number of carbonyl (C=O) groups excluding carboxylic acids is 1. The number of thiophene rings is 1. The van der Waals surface area contributed by atoms with Gasteiger partial charge in [0.2, 0.25) is 0 Å². The summed E-state index contributed by atoms with van der Waals surface area (Å²) in [5.74, 6) is -0.0506. The van der Waals surface area contributed by atoms with Gasteiger partial charge in [-0.25, -0.2) is 0 Å². The fourth-order valence-electron chi connectivity index (χ4n) is 3.07. The Hall–Kier alpha value is -2.92. The van der Waals surface area contributed by atoms with E-state index in [9.17, 15) is 4.79 Å². The third-order valence-electron chi connectivity index (χ3n) is 4.40. The number of pyridine rings is 1. The van der Waals surface area contributed by atoms with Crippen molar-refractivity contribution in [3.8, 4) is 0 Å². The highest BCUT2D eigenvalue weighted by Gasteiger charge is 2.16. The standard InChI is InChI=1S/C21H19N3OS/c25-21(23-15-17-7-4-10-22-14-17)19-13-20-18(9-12-26-20)24(19)11-8-16-5-2-1-3-6-16/h1-7,9-10,12-14H,8,11,15H2,(H,23,25). The van der Waals surface area contributed by atoms with Crippen LogP contribution in [0.2, 0.25) is 0 Å². The maximum Gasteiger partial charge on any atom is 0.268 e. The van der Waals surface area contributed by atoms with Crippen LogP contribution in [0, 0.1) is 0 Å². The molecular weight excluding hydrogens is 342 g/mol. The molecule has 0 aliphatic rings. The SMILES string of the molecule is O=C(NCc1cccnc1)c1cc2sccc2n1CCc1ccccc1. The summed E-state index contributed by atoms with van der Waals surface area (Å²) in [6.45, 7) is 1.25. The second-order valence-electron chi connectivity index (χ2n) is 6.13. The molecule has 0 aliphatic carbocycles. The molecule has 3 heterocycles. The minimum absolute atomic E-state index is 0.0506. The van der Waals surface area contributed by atoms with Gasteiger partial charge < -0.3 is 9.88 Å². The number of fused-ring (bicyclic) bond motifs is 1. The molecule has 130 valence electrons. The van der Waals surface area contributed by atoms with E-state index in [1.54, 1.807) is 23.7 Å². The fourth-order valence-corrected chi connectivity index (χ4v) is 3.89. The zero-order valence-corrected chi connectivity index (χ0v) is 15.1. The van der Waals surface area contributed by atoms with E-state index in [0.29, 0.717) is 12.2 Å². The summed E-state index contributed by atoms with van der Waals surface area (Å²) in [7, 11) is 0. The molecule has 0 saturated carbocycles. The van der Waals surface area contributed by atoms with Crippen molar-refractivity contribution < 1.29 is 4.79 Å². The maximum atomic E-state index is 12.8. The van der Waals surface area contributed by atoms with E-state index in [2.05, 4.69) is 38.4 Å². The number of amides is 1. The second kappa shape index (κ2) is 7.54. The number of aromatic nitrogens is 2. The lowest BCUT2D eigenvalue weighted by molar-refractivity contribution is 0.0942. The largest absolute Gasteiger partial charge is 0.347 e. The van der Waals surface area contributed by atoms with E-state index in [4.69, 9.17) is 0 Å². The lowest BCUT2D eigenvalue weighted by Gasteiger charge is -2.11. The highest BCUT2D eigenvalue weighted by atomic mass is 32.1. The van der Waals surface area contributed by atoms with Gasteiger partial charge >= 0.3 is 0 Å². The molecule has 26 heavy (non-hydrogen) atoms. The van der Waals surface area contributed by atoms with E-state index in [0.717, 1.165) is 28.7 Å². The average Bonchev–Trinajstić information content (AvgIpc) is 3.28. The minimum Gasteiger partial charge on any atom is -0.347 e. The van der Waals surface area contributed by atoms with Crippen LogP contribution in [-0.2, 0) is 19.5 Å². The molecular formula is C21H19N3OS. The van der Waals surface area contributed by atoms with Crippen LogP contribution < -0.4 is 5.32 Å². The van der Waals surface area contributed by atoms with Gasteiger partial charge in [-0.2, -0.15) is 0 Å². The summed E-state index contributed by atoms with van der Waals surface area (Å²) in [4.78, 5) is 16.9. The zero-order valence-electron chi connectivity index (χ0n) is 14.3. The Kier molecular flexibility index (Phi) is 4.80. The van der Waals surface area contributed by atoms with Crippen molar-refractivity contribution in [1.29, 1.82) is 0 Å². The predicted molar refractivity (Wildman–Crippen MR) is 105 cm³/mol. The Balaban J connectivity index is 1.54. The molecule has 4 rings (SSSR count). The monoisotopic (exact) mass is 361 g/mol. The van der Waals surface area contributed by atoms with Crippen LogP contribution in [0.1, 0.15) is 21.6 Å². The molecule has 4 nitrogen and oxygen atoms in total. The van der Waals surface area contributed by atoms with Crippen LogP contribution in [0.4, 0.5) is 0 Å². The van der Waals surface area contributed by atoms with E-state index in [1.165, 1.54) is 5.56 Å².